The summed E-state index contributed by atoms with van der Waals surface area (Å²) in [4.78, 5) is 12.5. The van der Waals surface area contributed by atoms with Gasteiger partial charge in [-0.05, 0) is 36.8 Å². The molecule has 0 spiro atoms. The van der Waals surface area contributed by atoms with Gasteiger partial charge in [-0.25, -0.2) is 4.79 Å². The highest BCUT2D eigenvalue weighted by molar-refractivity contribution is 5.96. The van der Waals surface area contributed by atoms with Gasteiger partial charge in [0.1, 0.15) is 6.61 Å². The molecular weight excluding hydrogens is 595 g/mol. The minimum atomic E-state index is -4.47. The van der Waals surface area contributed by atoms with E-state index in [4.69, 9.17) is 33.2 Å². The van der Waals surface area contributed by atoms with E-state index in [0.29, 0.717) is 71.8 Å². The van der Waals surface area contributed by atoms with Crippen LogP contribution in [0.2, 0.25) is 0 Å². The van der Waals surface area contributed by atoms with E-state index in [-0.39, 0.29) is 24.5 Å². The third-order valence-electron chi connectivity index (χ3n) is 6.33. The Morgan fingerprint density at radius 3 is 1.69 bits per heavy atom. The number of halogens is 3. The fraction of sp³-hybridized carbons (Fsp3) is 0.606. The highest BCUT2D eigenvalue weighted by atomic mass is 19.4. The molecule has 0 aliphatic carbocycles. The molecule has 0 radical (unpaired) electrons. The molecular formula is C33H48F3NO8. The molecule has 1 N–H and O–H groups in total. The van der Waals surface area contributed by atoms with E-state index < -0.39 is 17.7 Å². The number of esters is 1. The number of para-hydroxylation sites is 1. The molecule has 2 rings (SSSR count). The summed E-state index contributed by atoms with van der Waals surface area (Å²) in [5.74, 6) is -0.619. The molecule has 0 fully saturated rings. The second-order valence-corrected chi connectivity index (χ2v) is 9.97. The Balaban J connectivity index is 1.40. The van der Waals surface area contributed by atoms with Crippen LogP contribution in [0.4, 0.5) is 24.5 Å². The molecule has 2 aromatic carbocycles. The summed E-state index contributed by atoms with van der Waals surface area (Å²) in [7, 11) is 0. The first-order chi connectivity index (χ1) is 21.9. The van der Waals surface area contributed by atoms with Crippen LogP contribution >= 0.6 is 0 Å². The maximum atomic E-state index is 13.0. The lowest BCUT2D eigenvalue weighted by Crippen LogP contribution is -2.15. The molecule has 0 amide bonds. The van der Waals surface area contributed by atoms with Crippen LogP contribution in [0.25, 0.3) is 0 Å². The average molecular weight is 644 g/mol. The first kappa shape index (κ1) is 38.4. The minimum Gasteiger partial charge on any atom is -0.460 e. The fourth-order valence-electron chi connectivity index (χ4n) is 3.98. The van der Waals surface area contributed by atoms with Crippen LogP contribution in [0.15, 0.2) is 48.5 Å². The lowest BCUT2D eigenvalue weighted by atomic mass is 10.1. The van der Waals surface area contributed by atoms with Crippen molar-refractivity contribution in [2.24, 2.45) is 0 Å². The summed E-state index contributed by atoms with van der Waals surface area (Å²) in [5.41, 5.74) is -0.0583. The van der Waals surface area contributed by atoms with Gasteiger partial charge in [0.25, 0.3) is 0 Å². The van der Waals surface area contributed by atoms with Gasteiger partial charge in [0.2, 0.25) is 0 Å². The Hall–Kier alpha value is -2.74. The lowest BCUT2D eigenvalue weighted by Gasteiger charge is -2.13. The van der Waals surface area contributed by atoms with Crippen LogP contribution in [-0.2, 0) is 39.3 Å². The molecule has 0 saturated heterocycles. The maximum Gasteiger partial charge on any atom is 0.416 e. The van der Waals surface area contributed by atoms with Crippen LogP contribution in [0.1, 0.15) is 54.9 Å². The molecule has 0 saturated carbocycles. The van der Waals surface area contributed by atoms with Gasteiger partial charge < -0.3 is 38.5 Å². The zero-order chi connectivity index (χ0) is 32.4. The quantitative estimate of drug-likeness (QED) is 0.0846. The van der Waals surface area contributed by atoms with Crippen molar-refractivity contribution in [1.29, 1.82) is 0 Å². The van der Waals surface area contributed by atoms with Crippen molar-refractivity contribution in [3.8, 4) is 0 Å². The Labute approximate surface area is 264 Å². The molecule has 2 aromatic rings. The summed E-state index contributed by atoms with van der Waals surface area (Å²) >= 11 is 0. The van der Waals surface area contributed by atoms with Crippen LogP contribution in [0, 0.1) is 0 Å². The van der Waals surface area contributed by atoms with Crippen LogP contribution < -0.4 is 5.32 Å². The molecule has 0 unspecified atom stereocenters. The number of rotatable bonds is 27. The summed E-state index contributed by atoms with van der Waals surface area (Å²) in [6.45, 7) is 7.86. The largest absolute Gasteiger partial charge is 0.460 e. The number of hydrogen-bond acceptors (Lipinski definition) is 9. The normalized spacial score (nSPS) is 11.6. The van der Waals surface area contributed by atoms with Crippen molar-refractivity contribution >= 4 is 17.3 Å². The second-order valence-electron chi connectivity index (χ2n) is 9.97. The zero-order valence-electron chi connectivity index (χ0n) is 26.2. The Morgan fingerprint density at radius 2 is 1.13 bits per heavy atom. The van der Waals surface area contributed by atoms with Crippen molar-refractivity contribution in [1.82, 2.24) is 0 Å². The number of alkyl halides is 3. The van der Waals surface area contributed by atoms with Crippen molar-refractivity contribution in [2.75, 3.05) is 91.2 Å². The van der Waals surface area contributed by atoms with E-state index in [0.717, 1.165) is 25.2 Å². The standard InChI is InChI=1S/C33H48F3NO8/c1-2-3-4-5-8-14-39-15-16-40-17-18-41-19-20-42-21-22-43-23-24-44-25-26-45-32(38)30-12-6-7-13-31(30)37-29-11-9-10-28(27-29)33(34,35)36/h6-7,9-13,27,37H,2-5,8,14-26H2,1H3. The molecule has 0 bridgehead atoms. The first-order valence-electron chi connectivity index (χ1n) is 15.6. The van der Waals surface area contributed by atoms with Gasteiger partial charge in [-0.15, -0.1) is 0 Å². The predicted molar refractivity (Wildman–Crippen MR) is 165 cm³/mol. The number of benzene rings is 2. The maximum absolute atomic E-state index is 13.0. The van der Waals surface area contributed by atoms with Crippen molar-refractivity contribution in [3.63, 3.8) is 0 Å². The molecule has 45 heavy (non-hydrogen) atoms. The number of unbranched alkanes of at least 4 members (excludes halogenated alkanes) is 4. The van der Waals surface area contributed by atoms with E-state index >= 15 is 0 Å². The molecule has 0 aromatic heterocycles. The van der Waals surface area contributed by atoms with Gasteiger partial charge in [0, 0.05) is 12.3 Å². The van der Waals surface area contributed by atoms with Crippen LogP contribution in [-0.4, -0.2) is 91.9 Å². The highest BCUT2D eigenvalue weighted by Gasteiger charge is 2.30. The first-order valence-corrected chi connectivity index (χ1v) is 15.6. The Morgan fingerprint density at radius 1 is 0.622 bits per heavy atom. The van der Waals surface area contributed by atoms with Crippen molar-refractivity contribution in [3.05, 3.63) is 59.7 Å². The topological polar surface area (TPSA) is 93.7 Å². The lowest BCUT2D eigenvalue weighted by molar-refractivity contribution is -0.137. The third-order valence-corrected chi connectivity index (χ3v) is 6.33. The minimum absolute atomic E-state index is 0.0118. The summed E-state index contributed by atoms with van der Waals surface area (Å²) in [6.07, 6.45) is 1.69. The van der Waals surface area contributed by atoms with Gasteiger partial charge in [-0.2, -0.15) is 13.2 Å². The van der Waals surface area contributed by atoms with E-state index in [2.05, 4.69) is 12.2 Å². The van der Waals surface area contributed by atoms with Gasteiger partial charge in [-0.1, -0.05) is 50.8 Å². The van der Waals surface area contributed by atoms with Gasteiger partial charge in [0.05, 0.1) is 89.5 Å². The van der Waals surface area contributed by atoms with E-state index in [1.54, 1.807) is 18.2 Å². The molecule has 0 aliphatic rings. The zero-order valence-corrected chi connectivity index (χ0v) is 26.2. The molecule has 0 atom stereocenters. The molecule has 9 nitrogen and oxygen atoms in total. The summed E-state index contributed by atoms with van der Waals surface area (Å²) in [6, 6.07) is 11.2. The summed E-state index contributed by atoms with van der Waals surface area (Å²) in [5, 5.41) is 2.86. The fourth-order valence-corrected chi connectivity index (χ4v) is 3.98. The Kier molecular flexibility index (Phi) is 20.9. The number of hydrogen-bond donors (Lipinski definition) is 1. The van der Waals surface area contributed by atoms with E-state index in [1.807, 2.05) is 0 Å². The van der Waals surface area contributed by atoms with Crippen LogP contribution in [0.5, 0.6) is 0 Å². The smallest absolute Gasteiger partial charge is 0.416 e. The highest BCUT2D eigenvalue weighted by Crippen LogP contribution is 2.32. The Bertz CT molecular complexity index is 1040. The van der Waals surface area contributed by atoms with Gasteiger partial charge in [-0.3, -0.25) is 0 Å². The number of carbonyl (C=O) groups is 1. The van der Waals surface area contributed by atoms with Crippen molar-refractivity contribution < 1.29 is 51.1 Å². The molecule has 12 heteroatoms. The number of nitrogens with one attached hydrogen (secondary N) is 1. The van der Waals surface area contributed by atoms with E-state index in [1.165, 1.54) is 43.9 Å². The van der Waals surface area contributed by atoms with Crippen LogP contribution in [0.3, 0.4) is 0 Å². The molecule has 0 heterocycles. The molecule has 254 valence electrons. The van der Waals surface area contributed by atoms with Crippen molar-refractivity contribution in [2.45, 2.75) is 45.2 Å². The van der Waals surface area contributed by atoms with Gasteiger partial charge in [0.15, 0.2) is 0 Å². The third kappa shape index (κ3) is 18.7. The predicted octanol–water partition coefficient (Wildman–Crippen LogP) is 6.68. The average Bonchev–Trinajstić information content (AvgIpc) is 3.03. The number of ether oxygens (including phenoxy) is 7. The molecule has 0 aliphatic heterocycles. The van der Waals surface area contributed by atoms with E-state index in [9.17, 15) is 18.0 Å². The monoisotopic (exact) mass is 643 g/mol. The van der Waals surface area contributed by atoms with Gasteiger partial charge >= 0.3 is 12.1 Å². The number of anilines is 2. The number of carbonyl (C=O) groups excluding carboxylic acids is 1. The summed E-state index contributed by atoms with van der Waals surface area (Å²) < 4.78 is 77.1. The second kappa shape index (κ2) is 24.5. The SMILES string of the molecule is CCCCCCCOCCOCCOCCOCCOCCOCCOC(=O)c1ccccc1Nc1cccc(C(F)(F)F)c1.